The summed E-state index contributed by atoms with van der Waals surface area (Å²) in [4.78, 5) is 14.1. The third-order valence-electron chi connectivity index (χ3n) is 4.12. The predicted octanol–water partition coefficient (Wildman–Crippen LogP) is 2.01. The van der Waals surface area contributed by atoms with Crippen LogP contribution in [0, 0.1) is 5.92 Å². The Labute approximate surface area is 119 Å². The van der Waals surface area contributed by atoms with Crippen LogP contribution in [0.3, 0.4) is 0 Å². The Morgan fingerprint density at radius 3 is 2.65 bits per heavy atom. The minimum atomic E-state index is 0.0340. The molecular formula is C16H21N3O. The molecule has 0 saturated carbocycles. The summed E-state index contributed by atoms with van der Waals surface area (Å²) < 4.78 is 0. The molecule has 1 unspecified atom stereocenters. The van der Waals surface area contributed by atoms with Crippen LogP contribution in [0.25, 0.3) is 0 Å². The lowest BCUT2D eigenvalue weighted by Gasteiger charge is -2.32. The lowest BCUT2D eigenvalue weighted by Crippen LogP contribution is -2.42. The van der Waals surface area contributed by atoms with Gasteiger partial charge in [-0.05, 0) is 31.5 Å². The van der Waals surface area contributed by atoms with Crippen LogP contribution >= 0.6 is 0 Å². The van der Waals surface area contributed by atoms with E-state index in [0.717, 1.165) is 30.9 Å². The highest BCUT2D eigenvalue weighted by molar-refractivity contribution is 6.06. The molecule has 0 spiro atoms. The van der Waals surface area contributed by atoms with Gasteiger partial charge in [0.15, 0.2) is 0 Å². The van der Waals surface area contributed by atoms with E-state index in [9.17, 15) is 4.79 Å². The van der Waals surface area contributed by atoms with Crippen molar-refractivity contribution >= 4 is 11.6 Å². The SMILES string of the molecule is O=C1CC(CN2CCCCC2)C(c2ccccc2)=NN1. The van der Waals surface area contributed by atoms with Gasteiger partial charge in [-0.3, -0.25) is 4.79 Å². The minimum absolute atomic E-state index is 0.0340. The first-order valence-electron chi connectivity index (χ1n) is 7.47. The number of rotatable bonds is 3. The van der Waals surface area contributed by atoms with Gasteiger partial charge in [-0.25, -0.2) is 5.43 Å². The van der Waals surface area contributed by atoms with E-state index in [1.165, 1.54) is 19.3 Å². The van der Waals surface area contributed by atoms with Crippen LogP contribution < -0.4 is 5.43 Å². The smallest absolute Gasteiger partial charge is 0.240 e. The molecule has 3 rings (SSSR count). The molecule has 0 bridgehead atoms. The average molecular weight is 271 g/mol. The normalized spacial score (nSPS) is 24.1. The van der Waals surface area contributed by atoms with Crippen LogP contribution in [-0.4, -0.2) is 36.2 Å². The van der Waals surface area contributed by atoms with Gasteiger partial charge in [0.1, 0.15) is 0 Å². The van der Waals surface area contributed by atoms with Crippen LogP contribution in [0.15, 0.2) is 35.4 Å². The Morgan fingerprint density at radius 2 is 1.90 bits per heavy atom. The molecule has 0 radical (unpaired) electrons. The van der Waals surface area contributed by atoms with E-state index in [1.807, 2.05) is 18.2 Å². The summed E-state index contributed by atoms with van der Waals surface area (Å²) in [6, 6.07) is 10.2. The third-order valence-corrected chi connectivity index (χ3v) is 4.12. The van der Waals surface area contributed by atoms with Gasteiger partial charge >= 0.3 is 0 Å². The molecule has 1 saturated heterocycles. The minimum Gasteiger partial charge on any atom is -0.303 e. The van der Waals surface area contributed by atoms with Crippen LogP contribution in [0.4, 0.5) is 0 Å². The first-order valence-corrected chi connectivity index (χ1v) is 7.47. The number of carbonyl (C=O) groups is 1. The number of nitrogens with zero attached hydrogens (tertiary/aromatic N) is 2. The number of piperidine rings is 1. The number of carbonyl (C=O) groups excluding carboxylic acids is 1. The maximum Gasteiger partial charge on any atom is 0.240 e. The molecule has 1 atom stereocenters. The molecule has 1 fully saturated rings. The highest BCUT2D eigenvalue weighted by Crippen LogP contribution is 2.20. The fourth-order valence-corrected chi connectivity index (χ4v) is 3.09. The highest BCUT2D eigenvalue weighted by atomic mass is 16.2. The number of hydrogen-bond donors (Lipinski definition) is 1. The molecular weight excluding hydrogens is 250 g/mol. The van der Waals surface area contributed by atoms with Crippen LogP contribution in [0.2, 0.25) is 0 Å². The molecule has 1 N–H and O–H groups in total. The second-order valence-corrected chi connectivity index (χ2v) is 5.66. The van der Waals surface area contributed by atoms with Gasteiger partial charge < -0.3 is 4.90 Å². The number of likely N-dealkylation sites (tertiary alicyclic amines) is 1. The topological polar surface area (TPSA) is 44.7 Å². The fourth-order valence-electron chi connectivity index (χ4n) is 3.09. The maximum atomic E-state index is 11.7. The largest absolute Gasteiger partial charge is 0.303 e. The number of nitrogens with one attached hydrogen (secondary N) is 1. The van der Waals surface area contributed by atoms with Crippen LogP contribution in [0.1, 0.15) is 31.2 Å². The Bertz CT molecular complexity index is 492. The van der Waals surface area contributed by atoms with Crippen molar-refractivity contribution in [1.82, 2.24) is 10.3 Å². The number of amides is 1. The summed E-state index contributed by atoms with van der Waals surface area (Å²) in [7, 11) is 0. The summed E-state index contributed by atoms with van der Waals surface area (Å²) in [6.07, 6.45) is 4.43. The van der Waals surface area contributed by atoms with Crippen molar-refractivity contribution in [2.45, 2.75) is 25.7 Å². The maximum absolute atomic E-state index is 11.7. The van der Waals surface area contributed by atoms with Gasteiger partial charge in [0.2, 0.25) is 5.91 Å². The molecule has 4 heteroatoms. The third kappa shape index (κ3) is 3.07. The monoisotopic (exact) mass is 271 g/mol. The summed E-state index contributed by atoms with van der Waals surface area (Å²) in [5.74, 6) is 0.246. The van der Waals surface area contributed by atoms with Gasteiger partial charge in [-0.1, -0.05) is 36.8 Å². The lowest BCUT2D eigenvalue weighted by molar-refractivity contribution is -0.122. The first kappa shape index (κ1) is 13.3. The van der Waals surface area contributed by atoms with Crippen molar-refractivity contribution in [3.8, 4) is 0 Å². The molecule has 2 aliphatic heterocycles. The van der Waals surface area contributed by atoms with E-state index >= 15 is 0 Å². The Kier molecular flexibility index (Phi) is 4.11. The zero-order valence-electron chi connectivity index (χ0n) is 11.7. The van der Waals surface area contributed by atoms with Crippen molar-refractivity contribution in [3.63, 3.8) is 0 Å². The highest BCUT2D eigenvalue weighted by Gasteiger charge is 2.27. The predicted molar refractivity (Wildman–Crippen MR) is 79.5 cm³/mol. The molecule has 2 heterocycles. The number of hydrogen-bond acceptors (Lipinski definition) is 3. The molecule has 4 nitrogen and oxygen atoms in total. The second-order valence-electron chi connectivity index (χ2n) is 5.66. The number of hydrazone groups is 1. The Morgan fingerprint density at radius 1 is 1.15 bits per heavy atom. The van der Waals surface area contributed by atoms with Crippen molar-refractivity contribution in [3.05, 3.63) is 35.9 Å². The van der Waals surface area contributed by atoms with Gasteiger partial charge in [0, 0.05) is 18.9 Å². The van der Waals surface area contributed by atoms with Gasteiger partial charge in [-0.15, -0.1) is 0 Å². The molecule has 20 heavy (non-hydrogen) atoms. The standard InChI is InChI=1S/C16H21N3O/c20-15-11-14(12-19-9-5-2-6-10-19)16(18-17-15)13-7-3-1-4-8-13/h1,3-4,7-8,14H,2,5-6,9-12H2,(H,17,20). The Hall–Kier alpha value is -1.68. The number of benzene rings is 1. The van der Waals surface area contributed by atoms with E-state index in [2.05, 4.69) is 27.6 Å². The van der Waals surface area contributed by atoms with Crippen molar-refractivity contribution in [2.75, 3.05) is 19.6 Å². The summed E-state index contributed by atoms with van der Waals surface area (Å²) >= 11 is 0. The first-order chi connectivity index (χ1) is 9.83. The van der Waals surface area contributed by atoms with Gasteiger partial charge in [0.25, 0.3) is 0 Å². The quantitative estimate of drug-likeness (QED) is 0.914. The average Bonchev–Trinajstić information content (AvgIpc) is 2.49. The van der Waals surface area contributed by atoms with E-state index < -0.39 is 0 Å². The van der Waals surface area contributed by atoms with E-state index in [4.69, 9.17) is 0 Å². The van der Waals surface area contributed by atoms with E-state index in [1.54, 1.807) is 0 Å². The molecule has 2 aliphatic rings. The molecule has 0 aliphatic carbocycles. The molecule has 1 amide bonds. The molecule has 0 aromatic heterocycles. The van der Waals surface area contributed by atoms with Gasteiger partial charge in [-0.2, -0.15) is 5.10 Å². The lowest BCUT2D eigenvalue weighted by atomic mass is 9.91. The van der Waals surface area contributed by atoms with Crippen molar-refractivity contribution < 1.29 is 4.79 Å². The summed E-state index contributed by atoms with van der Waals surface area (Å²) in [6.45, 7) is 3.25. The molecule has 1 aromatic carbocycles. The molecule has 106 valence electrons. The summed E-state index contributed by atoms with van der Waals surface area (Å²) in [5.41, 5.74) is 4.77. The molecule has 1 aromatic rings. The van der Waals surface area contributed by atoms with Crippen molar-refractivity contribution in [1.29, 1.82) is 0 Å². The van der Waals surface area contributed by atoms with Crippen molar-refractivity contribution in [2.24, 2.45) is 11.0 Å². The van der Waals surface area contributed by atoms with Crippen LogP contribution in [-0.2, 0) is 4.79 Å². The van der Waals surface area contributed by atoms with E-state index in [-0.39, 0.29) is 11.8 Å². The Balaban J connectivity index is 1.77. The van der Waals surface area contributed by atoms with Crippen LogP contribution in [0.5, 0.6) is 0 Å². The van der Waals surface area contributed by atoms with E-state index in [0.29, 0.717) is 6.42 Å². The second kappa shape index (κ2) is 6.18. The van der Waals surface area contributed by atoms with Gasteiger partial charge in [0.05, 0.1) is 5.71 Å². The fraction of sp³-hybridized carbons (Fsp3) is 0.500. The zero-order chi connectivity index (χ0) is 13.8. The zero-order valence-corrected chi connectivity index (χ0v) is 11.7. The summed E-state index contributed by atoms with van der Waals surface area (Å²) in [5, 5.41) is 4.32.